The minimum absolute atomic E-state index is 0.155. The molecule has 0 aliphatic heterocycles. The maximum atomic E-state index is 6.48. The van der Waals surface area contributed by atoms with Gasteiger partial charge < -0.3 is 4.42 Å². The Morgan fingerprint density at radius 3 is 2.23 bits per heavy atom. The fraction of sp³-hybridized carbons (Fsp3) is 0. The highest BCUT2D eigenvalue weighted by Gasteiger charge is 2.17. The van der Waals surface area contributed by atoms with E-state index in [9.17, 15) is 0 Å². The number of thiophene rings is 1. The summed E-state index contributed by atoms with van der Waals surface area (Å²) in [6, 6.07) is 37.2. The first-order valence-corrected chi connectivity index (χ1v) is 13.8. The molecule has 3 aromatic heterocycles. The highest BCUT2D eigenvalue weighted by molar-refractivity contribution is 7.25. The molecule has 0 bridgehead atoms. The van der Waals surface area contributed by atoms with Gasteiger partial charge in [0.05, 0.1) is 0 Å². The Bertz CT molecular complexity index is 2200. The van der Waals surface area contributed by atoms with Crippen molar-refractivity contribution in [2.75, 3.05) is 0 Å². The third-order valence-electron chi connectivity index (χ3n) is 7.09. The van der Waals surface area contributed by atoms with Crippen molar-refractivity contribution in [3.63, 3.8) is 0 Å². The van der Waals surface area contributed by atoms with E-state index in [1.54, 1.807) is 11.3 Å². The largest absolute Gasteiger partial charge is 0.456 e. The van der Waals surface area contributed by atoms with Crippen LogP contribution in [0.25, 0.3) is 76.0 Å². The summed E-state index contributed by atoms with van der Waals surface area (Å²) in [4.78, 5) is 13.9. The van der Waals surface area contributed by atoms with Crippen LogP contribution in [0.4, 0.5) is 0 Å². The normalized spacial score (nSPS) is 11.7. The summed E-state index contributed by atoms with van der Waals surface area (Å²) in [5.74, 6) is 1.06. The van der Waals surface area contributed by atoms with Gasteiger partial charge in [0.1, 0.15) is 11.2 Å². The molecule has 0 amide bonds. The lowest BCUT2D eigenvalue weighted by Gasteiger charge is -2.07. The molecule has 0 atom stereocenters. The van der Waals surface area contributed by atoms with Crippen LogP contribution in [0, 0.1) is 0 Å². The molecule has 6 heteroatoms. The number of hydrogen-bond acceptors (Lipinski definition) is 5. The Morgan fingerprint density at radius 1 is 0.538 bits per heavy atom. The number of rotatable bonds is 3. The second-order valence-corrected chi connectivity index (χ2v) is 10.8. The quantitative estimate of drug-likeness (QED) is 0.224. The highest BCUT2D eigenvalue weighted by atomic mass is 35.5. The molecule has 4 nitrogen and oxygen atoms in total. The van der Waals surface area contributed by atoms with Gasteiger partial charge in [-0.3, -0.25) is 0 Å². The number of hydrogen-bond donors (Lipinski definition) is 0. The predicted molar refractivity (Wildman–Crippen MR) is 161 cm³/mol. The lowest BCUT2D eigenvalue weighted by Crippen LogP contribution is -1.97. The van der Waals surface area contributed by atoms with Gasteiger partial charge in [-0.15, -0.1) is 11.3 Å². The van der Waals surface area contributed by atoms with Crippen molar-refractivity contribution in [1.29, 1.82) is 0 Å². The third-order valence-corrected chi connectivity index (χ3v) is 8.40. The van der Waals surface area contributed by atoms with Gasteiger partial charge >= 0.3 is 0 Å². The molecule has 0 fully saturated rings. The second-order valence-electron chi connectivity index (χ2n) is 9.39. The zero-order valence-electron chi connectivity index (χ0n) is 20.4. The molecule has 0 N–H and O–H groups in total. The second kappa shape index (κ2) is 8.73. The number of furan rings is 1. The minimum Gasteiger partial charge on any atom is -0.456 e. The fourth-order valence-electron chi connectivity index (χ4n) is 5.38. The molecule has 0 unspecified atom stereocenters. The molecule has 3 heterocycles. The van der Waals surface area contributed by atoms with Gasteiger partial charge in [0, 0.05) is 42.1 Å². The molecule has 0 saturated heterocycles. The monoisotopic (exact) mass is 539 g/mol. The topological polar surface area (TPSA) is 51.8 Å². The van der Waals surface area contributed by atoms with Gasteiger partial charge in [-0.05, 0) is 53.1 Å². The molecule has 8 aromatic rings. The molecule has 0 aliphatic carbocycles. The van der Waals surface area contributed by atoms with Gasteiger partial charge in [0.15, 0.2) is 11.6 Å². The predicted octanol–water partition coefficient (Wildman–Crippen LogP) is 9.79. The van der Waals surface area contributed by atoms with E-state index in [-0.39, 0.29) is 5.28 Å². The molecular formula is C33H18ClN3OS. The van der Waals surface area contributed by atoms with Gasteiger partial charge in [-0.2, -0.15) is 9.97 Å². The Hall–Kier alpha value is -4.58. The third kappa shape index (κ3) is 3.62. The Morgan fingerprint density at radius 2 is 1.31 bits per heavy atom. The van der Waals surface area contributed by atoms with Gasteiger partial charge in [0.25, 0.3) is 0 Å². The maximum absolute atomic E-state index is 6.48. The molecular weight excluding hydrogens is 522 g/mol. The number of nitrogens with zero attached hydrogens (tertiary/aromatic N) is 3. The lowest BCUT2D eigenvalue weighted by atomic mass is 9.99. The number of fused-ring (bicyclic) bond motifs is 6. The summed E-state index contributed by atoms with van der Waals surface area (Å²) in [6.45, 7) is 0. The standard InChI is InChI=1S/C33H18ClN3OS/c34-33-36-31(35-32(37-33)24-12-7-15-28-30(24)23-10-4-5-14-27(23)39-28)20-16-17-22-26(18-20)38-25-13-6-11-21(29(22)25)19-8-2-1-3-9-19/h1-18H. The molecule has 0 saturated carbocycles. The van der Waals surface area contributed by atoms with E-state index in [0.717, 1.165) is 49.6 Å². The van der Waals surface area contributed by atoms with Crippen LogP contribution in [0.1, 0.15) is 0 Å². The van der Waals surface area contributed by atoms with Crippen LogP contribution in [-0.2, 0) is 0 Å². The Labute approximate surface area is 232 Å². The fourth-order valence-corrected chi connectivity index (χ4v) is 6.68. The number of halogens is 1. The average Bonchev–Trinajstić information content (AvgIpc) is 3.55. The number of benzene rings is 5. The van der Waals surface area contributed by atoms with E-state index < -0.39 is 0 Å². The first-order valence-electron chi connectivity index (χ1n) is 12.6. The van der Waals surface area contributed by atoms with E-state index in [1.807, 2.05) is 42.5 Å². The summed E-state index contributed by atoms with van der Waals surface area (Å²) in [7, 11) is 0. The Balaban J connectivity index is 1.30. The van der Waals surface area contributed by atoms with Crippen LogP contribution in [0.3, 0.4) is 0 Å². The van der Waals surface area contributed by atoms with Crippen LogP contribution in [-0.4, -0.2) is 15.0 Å². The van der Waals surface area contributed by atoms with E-state index in [2.05, 4.69) is 76.7 Å². The number of aromatic nitrogens is 3. The lowest BCUT2D eigenvalue weighted by molar-refractivity contribution is 0.669. The van der Waals surface area contributed by atoms with E-state index in [1.165, 1.54) is 14.8 Å². The van der Waals surface area contributed by atoms with Crippen LogP contribution < -0.4 is 0 Å². The summed E-state index contributed by atoms with van der Waals surface area (Å²) in [5, 5.41) is 4.61. The summed E-state index contributed by atoms with van der Waals surface area (Å²) < 4.78 is 8.73. The van der Waals surface area contributed by atoms with E-state index in [4.69, 9.17) is 21.0 Å². The van der Waals surface area contributed by atoms with Crippen LogP contribution in [0.15, 0.2) is 114 Å². The van der Waals surface area contributed by atoms with Crippen molar-refractivity contribution in [1.82, 2.24) is 15.0 Å². The SMILES string of the molecule is Clc1nc(-c2ccc3c(c2)oc2cccc(-c4ccccc4)c23)nc(-c2cccc3sc4ccccc4c23)n1. The maximum Gasteiger partial charge on any atom is 0.226 e. The van der Waals surface area contributed by atoms with Crippen LogP contribution in [0.2, 0.25) is 5.28 Å². The molecule has 8 rings (SSSR count). The zero-order chi connectivity index (χ0) is 25.9. The summed E-state index contributed by atoms with van der Waals surface area (Å²) in [6.07, 6.45) is 0. The van der Waals surface area contributed by atoms with Gasteiger partial charge in [-0.1, -0.05) is 78.9 Å². The molecule has 0 aliphatic rings. The molecule has 5 aromatic carbocycles. The molecule has 184 valence electrons. The summed E-state index contributed by atoms with van der Waals surface area (Å²) in [5.41, 5.74) is 5.66. The van der Waals surface area contributed by atoms with Gasteiger partial charge in [0.2, 0.25) is 5.28 Å². The van der Waals surface area contributed by atoms with Crippen molar-refractivity contribution < 1.29 is 4.42 Å². The van der Waals surface area contributed by atoms with Crippen molar-refractivity contribution >= 4 is 65.0 Å². The summed E-state index contributed by atoms with van der Waals surface area (Å²) >= 11 is 8.24. The molecule has 0 radical (unpaired) electrons. The zero-order valence-corrected chi connectivity index (χ0v) is 22.0. The van der Waals surface area contributed by atoms with E-state index in [0.29, 0.717) is 11.6 Å². The first kappa shape index (κ1) is 22.4. The van der Waals surface area contributed by atoms with E-state index >= 15 is 0 Å². The Kier molecular flexibility index (Phi) is 5.02. The first-order chi connectivity index (χ1) is 19.2. The van der Waals surface area contributed by atoms with Crippen molar-refractivity contribution in [2.45, 2.75) is 0 Å². The highest BCUT2D eigenvalue weighted by Crippen LogP contribution is 2.40. The average molecular weight is 540 g/mol. The van der Waals surface area contributed by atoms with Crippen molar-refractivity contribution in [3.8, 4) is 33.9 Å². The van der Waals surface area contributed by atoms with Crippen molar-refractivity contribution in [2.24, 2.45) is 0 Å². The molecule has 0 spiro atoms. The minimum atomic E-state index is 0.155. The van der Waals surface area contributed by atoms with Crippen LogP contribution in [0.5, 0.6) is 0 Å². The van der Waals surface area contributed by atoms with Crippen LogP contribution >= 0.6 is 22.9 Å². The van der Waals surface area contributed by atoms with Gasteiger partial charge in [-0.25, -0.2) is 4.98 Å². The smallest absolute Gasteiger partial charge is 0.226 e. The van der Waals surface area contributed by atoms with Crippen molar-refractivity contribution in [3.05, 3.63) is 114 Å². The molecule has 39 heavy (non-hydrogen) atoms.